The number of hydrogen-bond acceptors (Lipinski definition) is 2. The van der Waals surface area contributed by atoms with Gasteiger partial charge in [0, 0.05) is 0 Å². The molecule has 2 rings (SSSR count). The van der Waals surface area contributed by atoms with E-state index in [4.69, 9.17) is 4.52 Å². The average Bonchev–Trinajstić information content (AvgIpc) is 2.47. The second-order valence-corrected chi connectivity index (χ2v) is 2.58. The maximum Gasteiger partial charge on any atom is 0.287 e. The van der Waals surface area contributed by atoms with Crippen molar-refractivity contribution >= 4 is 23.7 Å². The minimum atomic E-state index is -0.172. The van der Waals surface area contributed by atoms with Crippen LogP contribution in [0.15, 0.2) is 27.5 Å². The van der Waals surface area contributed by atoms with Gasteiger partial charge in [-0.3, -0.25) is 4.79 Å². The molecule has 0 aliphatic rings. The first-order valence-electron chi connectivity index (χ1n) is 3.72. The third-order valence-electron chi connectivity index (χ3n) is 1.84. The van der Waals surface area contributed by atoms with Crippen molar-refractivity contribution in [1.29, 1.82) is 0 Å². The molecular weight excluding hydrogens is 153 g/mol. The Labute approximate surface area is 69.6 Å². The van der Waals surface area contributed by atoms with Gasteiger partial charge >= 0.3 is 0 Å². The molecule has 1 heterocycles. The standard InChI is InChI=1S/C8H7BNO2/c1-9-5-2-3-7-6(4-5)8(11)10-12-7/h2-4H,1H3,(H,10,11). The van der Waals surface area contributed by atoms with Crippen LogP contribution in [0.3, 0.4) is 0 Å². The fourth-order valence-corrected chi connectivity index (χ4v) is 1.15. The largest absolute Gasteiger partial charge is 0.378 e. The molecule has 0 saturated heterocycles. The molecule has 0 aliphatic heterocycles. The molecule has 2 aromatic rings. The van der Waals surface area contributed by atoms with Gasteiger partial charge in [-0.15, -0.1) is 0 Å². The van der Waals surface area contributed by atoms with E-state index in [9.17, 15) is 4.79 Å². The third kappa shape index (κ3) is 0.960. The molecule has 12 heavy (non-hydrogen) atoms. The Kier molecular flexibility index (Phi) is 1.53. The van der Waals surface area contributed by atoms with Gasteiger partial charge in [0.25, 0.3) is 5.56 Å². The first kappa shape index (κ1) is 7.22. The molecular formula is C8H7BNO2. The molecule has 0 saturated carbocycles. The summed E-state index contributed by atoms with van der Waals surface area (Å²) in [7, 11) is 1.94. The van der Waals surface area contributed by atoms with Gasteiger partial charge in [0.1, 0.15) is 7.28 Å². The van der Waals surface area contributed by atoms with Crippen LogP contribution >= 0.6 is 0 Å². The molecule has 1 radical (unpaired) electrons. The fourth-order valence-electron chi connectivity index (χ4n) is 1.15. The zero-order valence-corrected chi connectivity index (χ0v) is 6.63. The van der Waals surface area contributed by atoms with Crippen molar-refractivity contribution < 1.29 is 4.52 Å². The fraction of sp³-hybridized carbons (Fsp3) is 0.125. The van der Waals surface area contributed by atoms with Gasteiger partial charge in [-0.05, 0) is 6.07 Å². The molecule has 0 spiro atoms. The van der Waals surface area contributed by atoms with E-state index in [1.165, 1.54) is 0 Å². The summed E-state index contributed by atoms with van der Waals surface area (Å²) < 4.78 is 4.90. The van der Waals surface area contributed by atoms with Crippen LogP contribution in [0.5, 0.6) is 0 Å². The third-order valence-corrected chi connectivity index (χ3v) is 1.84. The topological polar surface area (TPSA) is 46.0 Å². The van der Waals surface area contributed by atoms with E-state index in [0.29, 0.717) is 11.0 Å². The van der Waals surface area contributed by atoms with Gasteiger partial charge in [-0.1, -0.05) is 24.4 Å². The number of aromatic nitrogens is 1. The quantitative estimate of drug-likeness (QED) is 0.617. The van der Waals surface area contributed by atoms with Crippen LogP contribution in [0, 0.1) is 0 Å². The Hall–Kier alpha value is -1.45. The minimum Gasteiger partial charge on any atom is -0.378 e. The van der Waals surface area contributed by atoms with Crippen LogP contribution in [0.25, 0.3) is 11.0 Å². The summed E-state index contributed by atoms with van der Waals surface area (Å²) in [5.74, 6) is 0. The lowest BCUT2D eigenvalue weighted by Gasteiger charge is -1.91. The first-order valence-corrected chi connectivity index (χ1v) is 3.72. The summed E-state index contributed by atoms with van der Waals surface area (Å²) in [5, 5.41) is 2.89. The highest BCUT2D eigenvalue weighted by molar-refractivity contribution is 6.52. The number of hydrogen-bond donors (Lipinski definition) is 1. The highest BCUT2D eigenvalue weighted by Gasteiger charge is 2.02. The molecule has 0 atom stereocenters. The van der Waals surface area contributed by atoms with Crippen molar-refractivity contribution in [2.75, 3.05) is 0 Å². The van der Waals surface area contributed by atoms with E-state index >= 15 is 0 Å². The predicted octanol–water partition coefficient (Wildman–Crippen LogP) is 0.499. The normalized spacial score (nSPS) is 10.4. The van der Waals surface area contributed by atoms with Crippen LogP contribution < -0.4 is 11.0 Å². The Bertz CT molecular complexity index is 457. The number of fused-ring (bicyclic) bond motifs is 1. The molecule has 0 fully saturated rings. The number of rotatable bonds is 1. The van der Waals surface area contributed by atoms with Crippen molar-refractivity contribution in [2.45, 2.75) is 6.82 Å². The van der Waals surface area contributed by atoms with Gasteiger partial charge in [-0.2, -0.15) is 5.16 Å². The monoisotopic (exact) mass is 160 g/mol. The van der Waals surface area contributed by atoms with Gasteiger partial charge in [-0.25, -0.2) is 0 Å². The van der Waals surface area contributed by atoms with Gasteiger partial charge in [0.05, 0.1) is 5.39 Å². The van der Waals surface area contributed by atoms with Crippen molar-refractivity contribution in [3.63, 3.8) is 0 Å². The summed E-state index contributed by atoms with van der Waals surface area (Å²) in [6.07, 6.45) is 0. The summed E-state index contributed by atoms with van der Waals surface area (Å²) in [4.78, 5) is 11.1. The second kappa shape index (κ2) is 2.55. The zero-order valence-electron chi connectivity index (χ0n) is 6.63. The maximum atomic E-state index is 11.1. The first-order chi connectivity index (χ1) is 5.81. The van der Waals surface area contributed by atoms with Crippen molar-refractivity contribution in [1.82, 2.24) is 5.16 Å². The SMILES string of the molecule is C[B]c1ccc2o[nH]c(=O)c2c1. The van der Waals surface area contributed by atoms with Crippen LogP contribution in [-0.4, -0.2) is 12.4 Å². The highest BCUT2D eigenvalue weighted by Crippen LogP contribution is 2.05. The lowest BCUT2D eigenvalue weighted by Crippen LogP contribution is -2.10. The van der Waals surface area contributed by atoms with E-state index < -0.39 is 0 Å². The molecule has 0 unspecified atom stereocenters. The Morgan fingerprint density at radius 3 is 3.08 bits per heavy atom. The van der Waals surface area contributed by atoms with E-state index in [-0.39, 0.29) is 5.56 Å². The van der Waals surface area contributed by atoms with E-state index in [0.717, 1.165) is 5.46 Å². The lowest BCUT2D eigenvalue weighted by atomic mass is 9.73. The smallest absolute Gasteiger partial charge is 0.287 e. The Balaban J connectivity index is 2.80. The summed E-state index contributed by atoms with van der Waals surface area (Å²) in [6, 6.07) is 5.49. The lowest BCUT2D eigenvalue weighted by molar-refractivity contribution is 0.449. The number of benzene rings is 1. The van der Waals surface area contributed by atoms with Crippen LogP contribution in [0.4, 0.5) is 0 Å². The van der Waals surface area contributed by atoms with Gasteiger partial charge in [0.15, 0.2) is 5.58 Å². The molecule has 1 aromatic carbocycles. The van der Waals surface area contributed by atoms with Crippen molar-refractivity contribution in [3.05, 3.63) is 28.6 Å². The highest BCUT2D eigenvalue weighted by atomic mass is 16.5. The summed E-state index contributed by atoms with van der Waals surface area (Å²) in [5.41, 5.74) is 1.45. The molecule has 0 amide bonds. The van der Waals surface area contributed by atoms with Crippen molar-refractivity contribution in [2.24, 2.45) is 0 Å². The van der Waals surface area contributed by atoms with Gasteiger partial charge < -0.3 is 4.52 Å². The predicted molar refractivity (Wildman–Crippen MR) is 48.1 cm³/mol. The van der Waals surface area contributed by atoms with Crippen LogP contribution in [0.1, 0.15) is 0 Å². The summed E-state index contributed by atoms with van der Waals surface area (Å²) in [6.45, 7) is 1.93. The minimum absolute atomic E-state index is 0.172. The zero-order chi connectivity index (χ0) is 8.55. The second-order valence-electron chi connectivity index (χ2n) is 2.58. The van der Waals surface area contributed by atoms with Crippen molar-refractivity contribution in [3.8, 4) is 0 Å². The molecule has 0 bridgehead atoms. The van der Waals surface area contributed by atoms with Crippen LogP contribution in [-0.2, 0) is 0 Å². The molecule has 0 aliphatic carbocycles. The maximum absolute atomic E-state index is 11.1. The Morgan fingerprint density at radius 1 is 1.50 bits per heavy atom. The Morgan fingerprint density at radius 2 is 2.33 bits per heavy atom. The average molecular weight is 160 g/mol. The number of H-pyrrole nitrogens is 1. The number of nitrogens with one attached hydrogen (secondary N) is 1. The summed E-state index contributed by atoms with van der Waals surface area (Å²) >= 11 is 0. The molecule has 59 valence electrons. The molecule has 3 nitrogen and oxygen atoms in total. The molecule has 4 heteroatoms. The molecule has 1 N–H and O–H groups in total. The van der Waals surface area contributed by atoms with E-state index in [1.54, 1.807) is 12.1 Å². The molecule has 1 aromatic heterocycles. The van der Waals surface area contributed by atoms with E-state index in [2.05, 4.69) is 5.16 Å². The van der Waals surface area contributed by atoms with Crippen LogP contribution in [0.2, 0.25) is 6.82 Å². The van der Waals surface area contributed by atoms with E-state index in [1.807, 2.05) is 20.2 Å². The number of aromatic amines is 1. The van der Waals surface area contributed by atoms with Gasteiger partial charge in [0.2, 0.25) is 0 Å².